The maximum Gasteiger partial charge on any atom is 0.314 e. The second kappa shape index (κ2) is 6.39. The Bertz CT molecular complexity index is 511. The van der Waals surface area contributed by atoms with E-state index in [9.17, 15) is 15.0 Å². The monoisotopic (exact) mass is 306 g/mol. The quantitative estimate of drug-likeness (QED) is 0.821. The fraction of sp³-hybridized carbons (Fsp3) is 0.611. The molecule has 1 aromatic carbocycles. The van der Waals surface area contributed by atoms with Crippen molar-refractivity contribution in [1.82, 2.24) is 0 Å². The lowest BCUT2D eigenvalue weighted by atomic mass is 9.72. The van der Waals surface area contributed by atoms with Gasteiger partial charge in [0.05, 0.1) is 23.7 Å². The van der Waals surface area contributed by atoms with Crippen molar-refractivity contribution in [2.75, 3.05) is 6.61 Å². The van der Waals surface area contributed by atoms with Crippen molar-refractivity contribution in [2.24, 2.45) is 11.3 Å². The first-order chi connectivity index (χ1) is 10.3. The third-order valence-electron chi connectivity index (χ3n) is 5.32. The van der Waals surface area contributed by atoms with Gasteiger partial charge < -0.3 is 14.9 Å². The van der Waals surface area contributed by atoms with Gasteiger partial charge in [-0.15, -0.1) is 0 Å². The van der Waals surface area contributed by atoms with Crippen LogP contribution in [0, 0.1) is 11.3 Å². The van der Waals surface area contributed by atoms with Crippen LogP contribution in [0.5, 0.6) is 0 Å². The molecule has 2 N–H and O–H groups in total. The second-order valence-electron chi connectivity index (χ2n) is 6.60. The van der Waals surface area contributed by atoms with E-state index in [-0.39, 0.29) is 11.9 Å². The average Bonchev–Trinajstić information content (AvgIpc) is 2.73. The van der Waals surface area contributed by atoms with Crippen molar-refractivity contribution in [3.63, 3.8) is 0 Å². The lowest BCUT2D eigenvalue weighted by Gasteiger charge is -2.38. The Morgan fingerprint density at radius 1 is 1.36 bits per heavy atom. The average molecular weight is 306 g/mol. The van der Waals surface area contributed by atoms with Crippen LogP contribution < -0.4 is 0 Å². The molecule has 0 radical (unpaired) electrons. The summed E-state index contributed by atoms with van der Waals surface area (Å²) in [6, 6.07) is 9.42. The van der Waals surface area contributed by atoms with Crippen molar-refractivity contribution in [2.45, 2.75) is 51.7 Å². The molecule has 0 bridgehead atoms. The Balaban J connectivity index is 2.12. The Morgan fingerprint density at radius 3 is 2.59 bits per heavy atom. The molecule has 2 rings (SSSR count). The molecule has 1 unspecified atom stereocenters. The predicted octanol–water partition coefficient (Wildman–Crippen LogP) is 2.84. The number of benzene rings is 1. The van der Waals surface area contributed by atoms with Gasteiger partial charge >= 0.3 is 5.97 Å². The number of hydrogen-bond donors (Lipinski definition) is 2. The standard InChI is InChI=1S/C18H26O4/c1-4-22-16(20)17(2)11-10-14(18(17,3)21)12-15(19)13-8-6-5-7-9-13/h5-9,14-15,19,21H,4,10-12H2,1-3H3/t14-,15?,17-,18-/m0/s1. The lowest BCUT2D eigenvalue weighted by Crippen LogP contribution is -2.49. The normalized spacial score (nSPS) is 32.7. The Labute approximate surface area is 132 Å². The molecule has 1 aromatic rings. The van der Waals surface area contributed by atoms with E-state index in [1.165, 1.54) is 0 Å². The topological polar surface area (TPSA) is 66.8 Å². The van der Waals surface area contributed by atoms with Gasteiger partial charge in [0.25, 0.3) is 0 Å². The van der Waals surface area contributed by atoms with E-state index in [4.69, 9.17) is 4.74 Å². The smallest absolute Gasteiger partial charge is 0.314 e. The van der Waals surface area contributed by atoms with Gasteiger partial charge in [-0.05, 0) is 51.5 Å². The van der Waals surface area contributed by atoms with Gasteiger partial charge in [0, 0.05) is 0 Å². The van der Waals surface area contributed by atoms with Gasteiger partial charge in [0.1, 0.15) is 0 Å². The number of rotatable bonds is 5. The van der Waals surface area contributed by atoms with Crippen molar-refractivity contribution >= 4 is 5.97 Å². The van der Waals surface area contributed by atoms with Gasteiger partial charge in [0.15, 0.2) is 0 Å². The summed E-state index contributed by atoms with van der Waals surface area (Å²) in [5.41, 5.74) is -1.26. The minimum absolute atomic E-state index is 0.142. The molecule has 1 saturated carbocycles. The Hall–Kier alpha value is -1.39. The van der Waals surface area contributed by atoms with E-state index in [0.29, 0.717) is 25.9 Å². The summed E-state index contributed by atoms with van der Waals surface area (Å²) < 4.78 is 5.14. The predicted molar refractivity (Wildman–Crippen MR) is 84.1 cm³/mol. The van der Waals surface area contributed by atoms with Crippen LogP contribution in [0.4, 0.5) is 0 Å². The lowest BCUT2D eigenvalue weighted by molar-refractivity contribution is -0.171. The molecule has 0 aromatic heterocycles. The first-order valence-corrected chi connectivity index (χ1v) is 7.95. The fourth-order valence-electron chi connectivity index (χ4n) is 3.47. The summed E-state index contributed by atoms with van der Waals surface area (Å²) in [5.74, 6) is -0.492. The molecule has 0 aliphatic heterocycles. The highest BCUT2D eigenvalue weighted by molar-refractivity contribution is 5.78. The molecule has 4 nitrogen and oxygen atoms in total. The zero-order chi connectivity index (χ0) is 16.4. The van der Waals surface area contributed by atoms with Crippen LogP contribution in [-0.4, -0.2) is 28.4 Å². The third-order valence-corrected chi connectivity index (χ3v) is 5.32. The van der Waals surface area contributed by atoms with Crippen molar-refractivity contribution in [3.05, 3.63) is 35.9 Å². The highest BCUT2D eigenvalue weighted by Gasteiger charge is 2.59. The molecule has 4 atom stereocenters. The zero-order valence-electron chi connectivity index (χ0n) is 13.6. The first-order valence-electron chi connectivity index (χ1n) is 7.95. The molecule has 0 heterocycles. The molecule has 1 fully saturated rings. The summed E-state index contributed by atoms with van der Waals surface area (Å²) in [6.07, 6.45) is 1.07. The molecular weight excluding hydrogens is 280 g/mol. The van der Waals surface area contributed by atoms with E-state index in [1.54, 1.807) is 20.8 Å². The maximum absolute atomic E-state index is 12.2. The molecule has 22 heavy (non-hydrogen) atoms. The van der Waals surface area contributed by atoms with Gasteiger partial charge in [0.2, 0.25) is 0 Å². The minimum Gasteiger partial charge on any atom is -0.465 e. The van der Waals surface area contributed by atoms with Crippen molar-refractivity contribution in [1.29, 1.82) is 0 Å². The number of ether oxygens (including phenoxy) is 1. The van der Waals surface area contributed by atoms with Crippen LogP contribution in [0.15, 0.2) is 30.3 Å². The maximum atomic E-state index is 12.2. The van der Waals surface area contributed by atoms with Crippen LogP contribution >= 0.6 is 0 Å². The fourth-order valence-corrected chi connectivity index (χ4v) is 3.47. The summed E-state index contributed by atoms with van der Waals surface area (Å²) in [4.78, 5) is 12.2. The molecule has 1 aliphatic rings. The van der Waals surface area contributed by atoms with Crippen LogP contribution in [0.3, 0.4) is 0 Å². The third kappa shape index (κ3) is 2.90. The van der Waals surface area contributed by atoms with Gasteiger partial charge in [-0.25, -0.2) is 0 Å². The molecule has 0 saturated heterocycles. The zero-order valence-corrected chi connectivity index (χ0v) is 13.6. The number of carbonyl (C=O) groups excluding carboxylic acids is 1. The number of aliphatic hydroxyl groups excluding tert-OH is 1. The van der Waals surface area contributed by atoms with E-state index >= 15 is 0 Å². The number of esters is 1. The van der Waals surface area contributed by atoms with E-state index in [0.717, 1.165) is 5.56 Å². The molecule has 122 valence electrons. The molecule has 0 spiro atoms. The number of aliphatic hydroxyl groups is 2. The van der Waals surface area contributed by atoms with Crippen molar-refractivity contribution in [3.8, 4) is 0 Å². The summed E-state index contributed by atoms with van der Waals surface area (Å²) in [5, 5.41) is 21.4. The number of carbonyl (C=O) groups is 1. The molecule has 1 aliphatic carbocycles. The molecule has 4 heteroatoms. The van der Waals surface area contributed by atoms with Gasteiger partial charge in [-0.1, -0.05) is 30.3 Å². The Kier molecular flexibility index (Phi) is 4.93. The van der Waals surface area contributed by atoms with Gasteiger partial charge in [-0.2, -0.15) is 0 Å². The first kappa shape index (κ1) is 17.0. The molecular formula is C18H26O4. The van der Waals surface area contributed by atoms with Crippen LogP contribution in [0.1, 0.15) is 51.7 Å². The summed E-state index contributed by atoms with van der Waals surface area (Å²) >= 11 is 0. The minimum atomic E-state index is -1.19. The van der Waals surface area contributed by atoms with Crippen LogP contribution in [-0.2, 0) is 9.53 Å². The Morgan fingerprint density at radius 2 is 2.00 bits per heavy atom. The van der Waals surface area contributed by atoms with E-state index < -0.39 is 17.1 Å². The number of hydrogen-bond acceptors (Lipinski definition) is 4. The largest absolute Gasteiger partial charge is 0.465 e. The molecule has 0 amide bonds. The van der Waals surface area contributed by atoms with Crippen LogP contribution in [0.25, 0.3) is 0 Å². The SMILES string of the molecule is CCOC(=O)[C@]1(C)CC[C@@H](CC(O)c2ccccc2)[C@]1(C)O. The van der Waals surface area contributed by atoms with Crippen LogP contribution in [0.2, 0.25) is 0 Å². The van der Waals surface area contributed by atoms with Gasteiger partial charge in [-0.3, -0.25) is 4.79 Å². The van der Waals surface area contributed by atoms with Crippen molar-refractivity contribution < 1.29 is 19.7 Å². The van der Waals surface area contributed by atoms with E-state index in [1.807, 2.05) is 30.3 Å². The highest BCUT2D eigenvalue weighted by Crippen LogP contribution is 2.52. The summed E-state index contributed by atoms with van der Waals surface area (Å²) in [6.45, 7) is 5.53. The summed E-state index contributed by atoms with van der Waals surface area (Å²) in [7, 11) is 0. The van der Waals surface area contributed by atoms with E-state index in [2.05, 4.69) is 0 Å². The second-order valence-corrected chi connectivity index (χ2v) is 6.60. The highest BCUT2D eigenvalue weighted by atomic mass is 16.5.